The number of carbonyl (C=O) groups is 2. The number of likely N-dealkylation sites (tertiary alicyclic amines) is 1. The number of nitrogens with zero attached hydrogens (tertiary/aromatic N) is 3. The monoisotopic (exact) mass is 237 g/mol. The van der Waals surface area contributed by atoms with Gasteiger partial charge in [-0.1, -0.05) is 6.92 Å². The summed E-state index contributed by atoms with van der Waals surface area (Å²) in [7, 11) is 1.79. The first kappa shape index (κ1) is 11.6. The Morgan fingerprint density at radius 3 is 2.65 bits per heavy atom. The number of hydrogen-bond acceptors (Lipinski definition) is 3. The number of carbonyl (C=O) groups excluding carboxylic acids is 1. The van der Waals surface area contributed by atoms with E-state index in [-0.39, 0.29) is 18.4 Å². The van der Waals surface area contributed by atoms with Crippen molar-refractivity contribution < 1.29 is 14.7 Å². The van der Waals surface area contributed by atoms with Crippen LogP contribution < -0.4 is 0 Å². The smallest absolute Gasteiger partial charge is 0.308 e. The maximum absolute atomic E-state index is 12.0. The molecule has 2 heterocycles. The number of amides is 1. The highest BCUT2D eigenvalue weighted by Crippen LogP contribution is 2.24. The molecule has 1 aliphatic rings. The summed E-state index contributed by atoms with van der Waals surface area (Å²) in [5, 5.41) is 9.00. The van der Waals surface area contributed by atoms with Gasteiger partial charge in [-0.15, -0.1) is 0 Å². The molecule has 6 nitrogen and oxygen atoms in total. The van der Waals surface area contributed by atoms with Crippen LogP contribution in [0.3, 0.4) is 0 Å². The van der Waals surface area contributed by atoms with Gasteiger partial charge < -0.3 is 14.6 Å². The van der Waals surface area contributed by atoms with Crippen LogP contribution in [0.1, 0.15) is 17.4 Å². The van der Waals surface area contributed by atoms with Crippen molar-refractivity contribution in [2.24, 2.45) is 18.9 Å². The Labute approximate surface area is 98.9 Å². The summed E-state index contributed by atoms with van der Waals surface area (Å²) in [6.45, 7) is 2.60. The zero-order valence-electron chi connectivity index (χ0n) is 9.83. The average Bonchev–Trinajstić information content (AvgIpc) is 2.83. The summed E-state index contributed by atoms with van der Waals surface area (Å²) in [5.74, 6) is -1.52. The quantitative estimate of drug-likeness (QED) is 0.798. The molecule has 0 aromatic carbocycles. The largest absolute Gasteiger partial charge is 0.481 e. The molecule has 92 valence electrons. The van der Waals surface area contributed by atoms with Crippen LogP contribution in [0, 0.1) is 11.8 Å². The average molecular weight is 237 g/mol. The summed E-state index contributed by atoms with van der Waals surface area (Å²) in [4.78, 5) is 28.5. The Hall–Kier alpha value is -1.85. The molecule has 17 heavy (non-hydrogen) atoms. The Kier molecular flexibility index (Phi) is 2.87. The van der Waals surface area contributed by atoms with Crippen LogP contribution in [0.15, 0.2) is 12.5 Å². The van der Waals surface area contributed by atoms with Crippen LogP contribution in [-0.4, -0.2) is 44.5 Å². The molecule has 0 bridgehead atoms. The third-order valence-corrected chi connectivity index (χ3v) is 3.14. The topological polar surface area (TPSA) is 75.4 Å². The molecule has 1 amide bonds. The SMILES string of the molecule is C[C@@H]1CN(C(=O)c2cn(C)cn2)C[C@H]1C(=O)O. The summed E-state index contributed by atoms with van der Waals surface area (Å²) >= 11 is 0. The van der Waals surface area contributed by atoms with Crippen molar-refractivity contribution in [3.8, 4) is 0 Å². The second-order valence-electron chi connectivity index (χ2n) is 4.56. The van der Waals surface area contributed by atoms with Crippen molar-refractivity contribution >= 4 is 11.9 Å². The minimum absolute atomic E-state index is 0.0137. The Balaban J connectivity index is 2.10. The van der Waals surface area contributed by atoms with Crippen molar-refractivity contribution in [2.75, 3.05) is 13.1 Å². The first-order chi connectivity index (χ1) is 7.99. The number of aliphatic carboxylic acids is 1. The van der Waals surface area contributed by atoms with Crippen LogP contribution in [0.5, 0.6) is 0 Å². The number of hydrogen-bond donors (Lipinski definition) is 1. The Morgan fingerprint density at radius 2 is 2.18 bits per heavy atom. The predicted octanol–water partition coefficient (Wildman–Crippen LogP) is 0.213. The molecular weight excluding hydrogens is 222 g/mol. The van der Waals surface area contributed by atoms with Crippen LogP contribution >= 0.6 is 0 Å². The number of carboxylic acids is 1. The number of aryl methyl sites for hydroxylation is 1. The fourth-order valence-electron chi connectivity index (χ4n) is 2.14. The van der Waals surface area contributed by atoms with Gasteiger partial charge in [-0.05, 0) is 5.92 Å². The molecule has 1 fully saturated rings. The second kappa shape index (κ2) is 4.20. The highest BCUT2D eigenvalue weighted by Gasteiger charge is 2.37. The molecule has 0 aliphatic carbocycles. The highest BCUT2D eigenvalue weighted by atomic mass is 16.4. The van der Waals surface area contributed by atoms with E-state index in [2.05, 4.69) is 4.98 Å². The molecule has 0 unspecified atom stereocenters. The third kappa shape index (κ3) is 2.15. The van der Waals surface area contributed by atoms with Crippen molar-refractivity contribution in [3.05, 3.63) is 18.2 Å². The normalized spacial score (nSPS) is 24.0. The molecule has 1 saturated heterocycles. The fourth-order valence-corrected chi connectivity index (χ4v) is 2.14. The lowest BCUT2D eigenvalue weighted by Crippen LogP contribution is -2.30. The van der Waals surface area contributed by atoms with Gasteiger partial charge in [-0.3, -0.25) is 9.59 Å². The minimum Gasteiger partial charge on any atom is -0.481 e. The van der Waals surface area contributed by atoms with Gasteiger partial charge in [0.25, 0.3) is 5.91 Å². The highest BCUT2D eigenvalue weighted by molar-refractivity contribution is 5.92. The standard InChI is InChI=1S/C11H15N3O3/c1-7-3-14(4-8(7)11(16)17)10(15)9-5-13(2)6-12-9/h5-8H,3-4H2,1-2H3,(H,16,17)/t7-,8-/m1/s1. The molecule has 1 N–H and O–H groups in total. The van der Waals surface area contributed by atoms with Gasteiger partial charge in [-0.2, -0.15) is 0 Å². The van der Waals surface area contributed by atoms with E-state index in [1.165, 1.54) is 0 Å². The lowest BCUT2D eigenvalue weighted by atomic mass is 9.99. The molecule has 2 rings (SSSR count). The number of aromatic nitrogens is 2. The van der Waals surface area contributed by atoms with Gasteiger partial charge in [-0.25, -0.2) is 4.98 Å². The van der Waals surface area contributed by atoms with Gasteiger partial charge in [0.05, 0.1) is 12.2 Å². The number of carboxylic acid groups (broad SMARTS) is 1. The second-order valence-corrected chi connectivity index (χ2v) is 4.56. The van der Waals surface area contributed by atoms with Crippen molar-refractivity contribution in [3.63, 3.8) is 0 Å². The molecule has 1 aromatic heterocycles. The maximum Gasteiger partial charge on any atom is 0.308 e. The van der Waals surface area contributed by atoms with E-state index < -0.39 is 11.9 Å². The van der Waals surface area contributed by atoms with E-state index in [9.17, 15) is 9.59 Å². The van der Waals surface area contributed by atoms with E-state index in [0.717, 1.165) is 0 Å². The number of rotatable bonds is 2. The first-order valence-electron chi connectivity index (χ1n) is 5.49. The predicted molar refractivity (Wildman–Crippen MR) is 59.4 cm³/mol. The Morgan fingerprint density at radius 1 is 1.47 bits per heavy atom. The molecule has 2 atom stereocenters. The zero-order valence-corrected chi connectivity index (χ0v) is 9.83. The molecule has 0 radical (unpaired) electrons. The molecule has 1 aliphatic heterocycles. The summed E-state index contributed by atoms with van der Waals surface area (Å²) in [5.41, 5.74) is 0.366. The van der Waals surface area contributed by atoms with Crippen molar-refractivity contribution in [2.45, 2.75) is 6.92 Å². The van der Waals surface area contributed by atoms with Crippen LogP contribution in [0.4, 0.5) is 0 Å². The van der Waals surface area contributed by atoms with Gasteiger partial charge in [0.15, 0.2) is 0 Å². The molecule has 6 heteroatoms. The lowest BCUT2D eigenvalue weighted by Gasteiger charge is -2.13. The first-order valence-corrected chi connectivity index (χ1v) is 5.49. The third-order valence-electron chi connectivity index (χ3n) is 3.14. The van der Waals surface area contributed by atoms with Crippen molar-refractivity contribution in [1.29, 1.82) is 0 Å². The van der Waals surface area contributed by atoms with Crippen LogP contribution in [-0.2, 0) is 11.8 Å². The molecule has 0 saturated carbocycles. The van der Waals surface area contributed by atoms with Crippen LogP contribution in [0.25, 0.3) is 0 Å². The molecule has 0 spiro atoms. The summed E-state index contributed by atoms with van der Waals surface area (Å²) in [6, 6.07) is 0. The minimum atomic E-state index is -0.839. The van der Waals surface area contributed by atoms with Gasteiger partial charge in [0, 0.05) is 26.3 Å². The summed E-state index contributed by atoms with van der Waals surface area (Å²) < 4.78 is 1.70. The molecular formula is C11H15N3O3. The van der Waals surface area contributed by atoms with E-state index in [4.69, 9.17) is 5.11 Å². The van der Waals surface area contributed by atoms with Crippen LogP contribution in [0.2, 0.25) is 0 Å². The van der Waals surface area contributed by atoms with Gasteiger partial charge >= 0.3 is 5.97 Å². The van der Waals surface area contributed by atoms with Gasteiger partial charge in [0.1, 0.15) is 5.69 Å². The lowest BCUT2D eigenvalue weighted by molar-refractivity contribution is -0.142. The zero-order chi connectivity index (χ0) is 12.6. The molecule has 1 aromatic rings. The number of imidazole rings is 1. The van der Waals surface area contributed by atoms with E-state index in [1.807, 2.05) is 6.92 Å². The maximum atomic E-state index is 12.0. The van der Waals surface area contributed by atoms with E-state index in [0.29, 0.717) is 12.2 Å². The fraction of sp³-hybridized carbons (Fsp3) is 0.545. The van der Waals surface area contributed by atoms with E-state index in [1.54, 1.807) is 29.0 Å². The van der Waals surface area contributed by atoms with Gasteiger partial charge in [0.2, 0.25) is 0 Å². The Bertz CT molecular complexity index is 455. The van der Waals surface area contributed by atoms with Crippen molar-refractivity contribution in [1.82, 2.24) is 14.5 Å². The van der Waals surface area contributed by atoms with E-state index >= 15 is 0 Å². The summed E-state index contributed by atoms with van der Waals surface area (Å²) in [6.07, 6.45) is 3.20.